The summed E-state index contributed by atoms with van der Waals surface area (Å²) in [6.45, 7) is 7.99. The standard InChI is InChI=1S/C21H23BrN2O3/c1-4-11-27-19-10-5-15(13-18(19)22)21(26)24-17-8-6-16(7-9-17)23-20(25)12-14(2)3/h4-10,13-14H,1,11-12H2,2-3H3,(H,23,25)(H,24,26). The van der Waals surface area contributed by atoms with Gasteiger partial charge in [-0.3, -0.25) is 9.59 Å². The topological polar surface area (TPSA) is 67.4 Å². The van der Waals surface area contributed by atoms with E-state index in [0.717, 1.165) is 0 Å². The first-order valence-electron chi connectivity index (χ1n) is 8.63. The first-order chi connectivity index (χ1) is 12.9. The van der Waals surface area contributed by atoms with Gasteiger partial charge in [0.15, 0.2) is 0 Å². The molecule has 2 aromatic rings. The summed E-state index contributed by atoms with van der Waals surface area (Å²) in [6, 6.07) is 12.1. The Morgan fingerprint density at radius 2 is 1.74 bits per heavy atom. The van der Waals surface area contributed by atoms with E-state index in [1.54, 1.807) is 48.5 Å². The van der Waals surface area contributed by atoms with Crippen molar-refractivity contribution < 1.29 is 14.3 Å². The van der Waals surface area contributed by atoms with Crippen LogP contribution in [0.15, 0.2) is 59.6 Å². The highest BCUT2D eigenvalue weighted by Crippen LogP contribution is 2.26. The van der Waals surface area contributed by atoms with Crippen molar-refractivity contribution in [3.05, 3.63) is 65.2 Å². The average molecular weight is 431 g/mol. The summed E-state index contributed by atoms with van der Waals surface area (Å²) in [4.78, 5) is 24.2. The van der Waals surface area contributed by atoms with Crippen LogP contribution in [0.3, 0.4) is 0 Å². The Balaban J connectivity index is 1.98. The highest BCUT2D eigenvalue weighted by Gasteiger charge is 2.10. The van der Waals surface area contributed by atoms with Crippen LogP contribution >= 0.6 is 15.9 Å². The second-order valence-electron chi connectivity index (χ2n) is 6.42. The fourth-order valence-electron chi connectivity index (χ4n) is 2.33. The van der Waals surface area contributed by atoms with Crippen LogP contribution in [-0.2, 0) is 4.79 Å². The summed E-state index contributed by atoms with van der Waals surface area (Å²) in [5, 5.41) is 5.67. The van der Waals surface area contributed by atoms with Crippen molar-refractivity contribution in [3.63, 3.8) is 0 Å². The van der Waals surface area contributed by atoms with Gasteiger partial charge in [0.2, 0.25) is 5.91 Å². The highest BCUT2D eigenvalue weighted by atomic mass is 79.9. The maximum atomic E-state index is 12.4. The van der Waals surface area contributed by atoms with Crippen LogP contribution in [0.5, 0.6) is 5.75 Å². The Bertz CT molecular complexity index is 817. The Kier molecular flexibility index (Phi) is 7.61. The minimum atomic E-state index is -0.234. The SMILES string of the molecule is C=CCOc1ccc(C(=O)Nc2ccc(NC(=O)CC(C)C)cc2)cc1Br. The molecule has 0 aliphatic rings. The van der Waals surface area contributed by atoms with Gasteiger partial charge in [0.05, 0.1) is 4.47 Å². The number of benzene rings is 2. The monoisotopic (exact) mass is 430 g/mol. The van der Waals surface area contributed by atoms with Crippen LogP contribution < -0.4 is 15.4 Å². The number of nitrogens with one attached hydrogen (secondary N) is 2. The van der Waals surface area contributed by atoms with Crippen molar-refractivity contribution in [1.29, 1.82) is 0 Å². The molecule has 0 aliphatic heterocycles. The highest BCUT2D eigenvalue weighted by molar-refractivity contribution is 9.10. The molecule has 0 saturated carbocycles. The molecule has 0 radical (unpaired) electrons. The number of halogens is 1. The number of anilines is 2. The van der Waals surface area contributed by atoms with Gasteiger partial charge in [-0.05, 0) is 64.3 Å². The number of hydrogen-bond donors (Lipinski definition) is 2. The average Bonchev–Trinajstić information content (AvgIpc) is 2.61. The fourth-order valence-corrected chi connectivity index (χ4v) is 2.82. The third-order valence-electron chi connectivity index (χ3n) is 3.57. The molecule has 0 unspecified atom stereocenters. The number of carbonyl (C=O) groups excluding carboxylic acids is 2. The zero-order valence-corrected chi connectivity index (χ0v) is 17.0. The van der Waals surface area contributed by atoms with Crippen LogP contribution in [0.25, 0.3) is 0 Å². The van der Waals surface area contributed by atoms with Gasteiger partial charge in [0, 0.05) is 23.4 Å². The van der Waals surface area contributed by atoms with Crippen LogP contribution in [0.4, 0.5) is 11.4 Å². The predicted octanol–water partition coefficient (Wildman–Crippen LogP) is 5.25. The summed E-state index contributed by atoms with van der Waals surface area (Å²) in [5.41, 5.74) is 1.84. The van der Waals surface area contributed by atoms with Crippen molar-refractivity contribution in [2.45, 2.75) is 20.3 Å². The van der Waals surface area contributed by atoms with E-state index in [2.05, 4.69) is 33.1 Å². The third-order valence-corrected chi connectivity index (χ3v) is 4.19. The van der Waals surface area contributed by atoms with Crippen LogP contribution in [-0.4, -0.2) is 18.4 Å². The maximum absolute atomic E-state index is 12.4. The summed E-state index contributed by atoms with van der Waals surface area (Å²) in [7, 11) is 0. The van der Waals surface area contributed by atoms with E-state index in [1.165, 1.54) is 0 Å². The molecule has 2 amide bonds. The Morgan fingerprint density at radius 3 is 2.30 bits per heavy atom. The van der Waals surface area contributed by atoms with Crippen LogP contribution in [0, 0.1) is 5.92 Å². The maximum Gasteiger partial charge on any atom is 0.255 e. The Labute approximate surface area is 167 Å². The first-order valence-corrected chi connectivity index (χ1v) is 9.43. The first kappa shape index (κ1) is 20.7. The van der Waals surface area contributed by atoms with Crippen molar-refractivity contribution in [3.8, 4) is 5.75 Å². The zero-order valence-electron chi connectivity index (χ0n) is 15.4. The molecule has 0 bridgehead atoms. The molecule has 0 spiro atoms. The molecule has 5 nitrogen and oxygen atoms in total. The zero-order chi connectivity index (χ0) is 19.8. The summed E-state index contributed by atoms with van der Waals surface area (Å²) < 4.78 is 6.17. The molecule has 27 heavy (non-hydrogen) atoms. The molecule has 6 heteroatoms. The third kappa shape index (κ3) is 6.57. The number of carbonyl (C=O) groups is 2. The van der Waals surface area contributed by atoms with E-state index in [0.29, 0.717) is 46.1 Å². The summed E-state index contributed by atoms with van der Waals surface area (Å²) >= 11 is 3.40. The van der Waals surface area contributed by atoms with E-state index in [-0.39, 0.29) is 11.8 Å². The molecule has 142 valence electrons. The molecular formula is C21H23BrN2O3. The molecule has 0 atom stereocenters. The van der Waals surface area contributed by atoms with E-state index in [1.807, 2.05) is 13.8 Å². The molecular weight excluding hydrogens is 408 g/mol. The van der Waals surface area contributed by atoms with Gasteiger partial charge in [-0.2, -0.15) is 0 Å². The predicted molar refractivity (Wildman–Crippen MR) is 112 cm³/mol. The van der Waals surface area contributed by atoms with E-state index in [4.69, 9.17) is 4.74 Å². The van der Waals surface area contributed by atoms with Crippen molar-refractivity contribution in [2.24, 2.45) is 5.92 Å². The fraction of sp³-hybridized carbons (Fsp3) is 0.238. The van der Waals surface area contributed by atoms with Crippen molar-refractivity contribution >= 4 is 39.1 Å². The minimum absolute atomic E-state index is 0.0228. The van der Waals surface area contributed by atoms with Crippen molar-refractivity contribution in [1.82, 2.24) is 0 Å². The molecule has 0 fully saturated rings. The smallest absolute Gasteiger partial charge is 0.255 e. The van der Waals surface area contributed by atoms with E-state index < -0.39 is 0 Å². The molecule has 2 aromatic carbocycles. The lowest BCUT2D eigenvalue weighted by Gasteiger charge is -2.10. The lowest BCUT2D eigenvalue weighted by atomic mass is 10.1. The molecule has 2 rings (SSSR count). The molecule has 2 N–H and O–H groups in total. The van der Waals surface area contributed by atoms with Gasteiger partial charge in [-0.1, -0.05) is 26.5 Å². The molecule has 0 aliphatic carbocycles. The Hall–Kier alpha value is -2.60. The normalized spacial score (nSPS) is 10.4. The minimum Gasteiger partial charge on any atom is -0.488 e. The second kappa shape index (κ2) is 9.92. The van der Waals surface area contributed by atoms with Gasteiger partial charge < -0.3 is 15.4 Å². The quantitative estimate of drug-likeness (QED) is 0.561. The van der Waals surface area contributed by atoms with Gasteiger partial charge in [0.25, 0.3) is 5.91 Å². The van der Waals surface area contributed by atoms with Crippen molar-refractivity contribution in [2.75, 3.05) is 17.2 Å². The van der Waals surface area contributed by atoms with Crippen LogP contribution in [0.1, 0.15) is 30.6 Å². The van der Waals surface area contributed by atoms with E-state index in [9.17, 15) is 9.59 Å². The largest absolute Gasteiger partial charge is 0.488 e. The number of ether oxygens (including phenoxy) is 1. The summed E-state index contributed by atoms with van der Waals surface area (Å²) in [6.07, 6.45) is 2.13. The number of amides is 2. The van der Waals surface area contributed by atoms with Gasteiger partial charge in [-0.25, -0.2) is 0 Å². The second-order valence-corrected chi connectivity index (χ2v) is 7.28. The van der Waals surface area contributed by atoms with Gasteiger partial charge in [0.1, 0.15) is 12.4 Å². The summed E-state index contributed by atoms with van der Waals surface area (Å²) in [5.74, 6) is 0.692. The van der Waals surface area contributed by atoms with Crippen LogP contribution in [0.2, 0.25) is 0 Å². The molecule has 0 saturated heterocycles. The molecule has 0 aromatic heterocycles. The van der Waals surface area contributed by atoms with E-state index >= 15 is 0 Å². The number of hydrogen-bond acceptors (Lipinski definition) is 3. The number of rotatable bonds is 8. The van der Waals surface area contributed by atoms with Gasteiger partial charge >= 0.3 is 0 Å². The molecule has 0 heterocycles. The van der Waals surface area contributed by atoms with Gasteiger partial charge in [-0.15, -0.1) is 0 Å². The lowest BCUT2D eigenvalue weighted by Crippen LogP contribution is -2.14. The lowest BCUT2D eigenvalue weighted by molar-refractivity contribution is -0.116. The Morgan fingerprint density at radius 1 is 1.11 bits per heavy atom.